The molecule has 0 spiro atoms. The van der Waals surface area contributed by atoms with E-state index in [1.54, 1.807) is 0 Å². The first-order chi connectivity index (χ1) is 7.79. The lowest BCUT2D eigenvalue weighted by molar-refractivity contribution is 0.666. The third-order valence-electron chi connectivity index (χ3n) is 2.61. The third kappa shape index (κ3) is 1.16. The van der Waals surface area contributed by atoms with Crippen molar-refractivity contribution in [3.05, 3.63) is 30.1 Å². The van der Waals surface area contributed by atoms with Crippen molar-refractivity contribution < 1.29 is 4.42 Å². The second-order valence-corrected chi connectivity index (χ2v) is 3.65. The van der Waals surface area contributed by atoms with Crippen LogP contribution in [0.4, 0.5) is 5.82 Å². The fourth-order valence-corrected chi connectivity index (χ4v) is 1.82. The molecule has 0 fully saturated rings. The summed E-state index contributed by atoms with van der Waals surface area (Å²) in [6.45, 7) is 2.00. The molecular weight excluding hydrogens is 202 g/mol. The summed E-state index contributed by atoms with van der Waals surface area (Å²) in [5.41, 5.74) is 8.04. The van der Waals surface area contributed by atoms with Gasteiger partial charge < -0.3 is 10.2 Å². The van der Waals surface area contributed by atoms with E-state index in [1.807, 2.05) is 31.2 Å². The standard InChI is InChI=1S/C12H11N3O/c1-2-9-14-10-7-5-3-4-6-8(7)16-11(10)12(13)15-9/h3-6H,2H2,1H3,(H2,13,14,15). The molecule has 4 nitrogen and oxygen atoms in total. The Labute approximate surface area is 92.1 Å². The van der Waals surface area contributed by atoms with Crippen LogP contribution in [0, 0.1) is 0 Å². The summed E-state index contributed by atoms with van der Waals surface area (Å²) in [6.07, 6.45) is 0.764. The van der Waals surface area contributed by atoms with E-state index < -0.39 is 0 Å². The van der Waals surface area contributed by atoms with E-state index in [9.17, 15) is 0 Å². The summed E-state index contributed by atoms with van der Waals surface area (Å²) in [4.78, 5) is 8.65. The van der Waals surface area contributed by atoms with Crippen molar-refractivity contribution in [2.45, 2.75) is 13.3 Å². The normalized spacial score (nSPS) is 11.3. The van der Waals surface area contributed by atoms with Crippen molar-refractivity contribution in [3.63, 3.8) is 0 Å². The van der Waals surface area contributed by atoms with E-state index in [4.69, 9.17) is 10.2 Å². The van der Waals surface area contributed by atoms with Gasteiger partial charge >= 0.3 is 0 Å². The summed E-state index contributed by atoms with van der Waals surface area (Å²) in [7, 11) is 0. The average Bonchev–Trinajstić information content (AvgIpc) is 2.68. The van der Waals surface area contributed by atoms with Crippen LogP contribution in [0.2, 0.25) is 0 Å². The summed E-state index contributed by atoms with van der Waals surface area (Å²) in [5, 5.41) is 0.987. The van der Waals surface area contributed by atoms with Crippen molar-refractivity contribution in [1.82, 2.24) is 9.97 Å². The predicted molar refractivity (Wildman–Crippen MR) is 63.1 cm³/mol. The first-order valence-electron chi connectivity index (χ1n) is 5.23. The first-order valence-corrected chi connectivity index (χ1v) is 5.23. The fourth-order valence-electron chi connectivity index (χ4n) is 1.82. The van der Waals surface area contributed by atoms with E-state index in [0.29, 0.717) is 11.4 Å². The Balaban J connectivity index is 2.51. The fraction of sp³-hybridized carbons (Fsp3) is 0.167. The first kappa shape index (κ1) is 9.15. The minimum atomic E-state index is 0.415. The molecule has 0 unspecified atom stereocenters. The zero-order chi connectivity index (χ0) is 11.1. The largest absolute Gasteiger partial charge is 0.450 e. The lowest BCUT2D eigenvalue weighted by atomic mass is 10.2. The molecule has 2 N–H and O–H groups in total. The number of anilines is 1. The number of nitrogen functional groups attached to an aromatic ring is 1. The van der Waals surface area contributed by atoms with E-state index in [0.717, 1.165) is 28.7 Å². The molecule has 4 heteroatoms. The van der Waals surface area contributed by atoms with Crippen LogP contribution < -0.4 is 5.73 Å². The molecule has 3 rings (SSSR count). The number of aryl methyl sites for hydroxylation is 1. The molecule has 0 atom stereocenters. The van der Waals surface area contributed by atoms with E-state index in [1.165, 1.54) is 0 Å². The number of nitrogens with zero attached hydrogens (tertiary/aromatic N) is 2. The maximum absolute atomic E-state index is 5.85. The maximum Gasteiger partial charge on any atom is 0.195 e. The highest BCUT2D eigenvalue weighted by Gasteiger charge is 2.12. The van der Waals surface area contributed by atoms with Gasteiger partial charge in [-0.1, -0.05) is 19.1 Å². The number of hydrogen-bond acceptors (Lipinski definition) is 4. The van der Waals surface area contributed by atoms with Gasteiger partial charge in [0.1, 0.15) is 16.9 Å². The van der Waals surface area contributed by atoms with Crippen molar-refractivity contribution >= 4 is 27.9 Å². The molecule has 2 heterocycles. The maximum atomic E-state index is 5.85. The Bertz CT molecular complexity index is 672. The third-order valence-corrected chi connectivity index (χ3v) is 2.61. The van der Waals surface area contributed by atoms with Gasteiger partial charge in [-0.05, 0) is 12.1 Å². The van der Waals surface area contributed by atoms with Gasteiger partial charge in [0, 0.05) is 11.8 Å². The van der Waals surface area contributed by atoms with Crippen LogP contribution >= 0.6 is 0 Å². The zero-order valence-electron chi connectivity index (χ0n) is 8.90. The van der Waals surface area contributed by atoms with Crippen LogP contribution in [0.1, 0.15) is 12.7 Å². The van der Waals surface area contributed by atoms with Gasteiger partial charge in [0.2, 0.25) is 0 Å². The molecule has 2 aromatic heterocycles. The Hall–Kier alpha value is -2.10. The molecule has 0 amide bonds. The van der Waals surface area contributed by atoms with Crippen LogP contribution in [-0.4, -0.2) is 9.97 Å². The zero-order valence-corrected chi connectivity index (χ0v) is 8.90. The van der Waals surface area contributed by atoms with Crippen molar-refractivity contribution in [3.8, 4) is 0 Å². The summed E-state index contributed by atoms with van der Waals surface area (Å²) < 4.78 is 5.63. The monoisotopic (exact) mass is 213 g/mol. The second kappa shape index (κ2) is 3.20. The Morgan fingerprint density at radius 3 is 2.88 bits per heavy atom. The topological polar surface area (TPSA) is 64.9 Å². The van der Waals surface area contributed by atoms with Crippen molar-refractivity contribution in [2.24, 2.45) is 0 Å². The number of fused-ring (bicyclic) bond motifs is 3. The molecule has 16 heavy (non-hydrogen) atoms. The number of nitrogens with two attached hydrogens (primary N) is 1. The Morgan fingerprint density at radius 2 is 2.06 bits per heavy atom. The second-order valence-electron chi connectivity index (χ2n) is 3.65. The van der Waals surface area contributed by atoms with Gasteiger partial charge in [-0.25, -0.2) is 9.97 Å². The summed E-state index contributed by atoms with van der Waals surface area (Å²) in [6, 6.07) is 7.77. The lowest BCUT2D eigenvalue weighted by Crippen LogP contribution is -1.98. The Kier molecular flexibility index (Phi) is 1.83. The summed E-state index contributed by atoms with van der Waals surface area (Å²) in [5.74, 6) is 1.16. The average molecular weight is 213 g/mol. The van der Waals surface area contributed by atoms with Crippen molar-refractivity contribution in [1.29, 1.82) is 0 Å². The lowest BCUT2D eigenvalue weighted by Gasteiger charge is -1.97. The molecular formula is C12H11N3O. The molecule has 0 aliphatic carbocycles. The number of hydrogen-bond donors (Lipinski definition) is 1. The van der Waals surface area contributed by atoms with Gasteiger partial charge in [-0.2, -0.15) is 0 Å². The molecule has 0 saturated heterocycles. The number of aromatic nitrogens is 2. The van der Waals surface area contributed by atoms with E-state index in [-0.39, 0.29) is 0 Å². The van der Waals surface area contributed by atoms with Crippen molar-refractivity contribution in [2.75, 3.05) is 5.73 Å². The molecule has 0 bridgehead atoms. The molecule has 0 radical (unpaired) electrons. The summed E-state index contributed by atoms with van der Waals surface area (Å²) >= 11 is 0. The van der Waals surface area contributed by atoms with Crippen LogP contribution in [-0.2, 0) is 6.42 Å². The quantitative estimate of drug-likeness (QED) is 0.674. The highest BCUT2D eigenvalue weighted by molar-refractivity contribution is 6.05. The minimum absolute atomic E-state index is 0.415. The molecule has 3 aromatic rings. The Morgan fingerprint density at radius 1 is 1.25 bits per heavy atom. The van der Waals surface area contributed by atoms with Gasteiger partial charge in [-0.15, -0.1) is 0 Å². The highest BCUT2D eigenvalue weighted by atomic mass is 16.3. The van der Waals surface area contributed by atoms with E-state index in [2.05, 4.69) is 9.97 Å². The number of para-hydroxylation sites is 1. The molecule has 0 aliphatic heterocycles. The highest BCUT2D eigenvalue weighted by Crippen LogP contribution is 2.29. The predicted octanol–water partition coefficient (Wildman–Crippen LogP) is 2.52. The minimum Gasteiger partial charge on any atom is -0.450 e. The number of rotatable bonds is 1. The van der Waals surface area contributed by atoms with Gasteiger partial charge in [0.15, 0.2) is 11.4 Å². The number of furan rings is 1. The SMILES string of the molecule is CCc1nc(N)c2oc3ccccc3c2n1. The van der Waals surface area contributed by atoms with Gasteiger partial charge in [-0.3, -0.25) is 0 Å². The molecule has 0 aliphatic rings. The molecule has 80 valence electrons. The molecule has 1 aromatic carbocycles. The number of benzene rings is 1. The molecule has 0 saturated carbocycles. The van der Waals surface area contributed by atoms with Crippen LogP contribution in [0.25, 0.3) is 22.1 Å². The van der Waals surface area contributed by atoms with Crippen LogP contribution in [0.5, 0.6) is 0 Å². The van der Waals surface area contributed by atoms with Gasteiger partial charge in [0.05, 0.1) is 0 Å². The van der Waals surface area contributed by atoms with E-state index >= 15 is 0 Å². The smallest absolute Gasteiger partial charge is 0.195 e. The van der Waals surface area contributed by atoms with Crippen LogP contribution in [0.15, 0.2) is 28.7 Å². The van der Waals surface area contributed by atoms with Crippen LogP contribution in [0.3, 0.4) is 0 Å². The van der Waals surface area contributed by atoms with Gasteiger partial charge in [0.25, 0.3) is 0 Å².